The third kappa shape index (κ3) is 5.88. The van der Waals surface area contributed by atoms with E-state index < -0.39 is 34.2 Å². The lowest BCUT2D eigenvalue weighted by molar-refractivity contribution is -0.125. The zero-order valence-corrected chi connectivity index (χ0v) is 30.0. The van der Waals surface area contributed by atoms with Gasteiger partial charge in [-0.15, -0.1) is 0 Å². The van der Waals surface area contributed by atoms with Crippen LogP contribution in [-0.4, -0.2) is 47.8 Å². The fourth-order valence-corrected chi connectivity index (χ4v) is 7.31. The molecule has 0 unspecified atom stereocenters. The van der Waals surface area contributed by atoms with Crippen molar-refractivity contribution >= 4 is 52.6 Å². The maximum Gasteiger partial charge on any atom is 0.270 e. The SMILES string of the molecule is Cc1ncc(-c2ccc(C3(NC(=O)C4(NC(=O)c5cnc6n5[C@](C)(Cc5ccc(C#N)cc5)C(=O)N6c5cc(Cl)c(F)c(Cl)c5)CC4)CC3)nc2)cn1. The Morgan fingerprint density at radius 1 is 0.906 bits per heavy atom. The van der Waals surface area contributed by atoms with Gasteiger partial charge in [-0.05, 0) is 75.4 Å². The summed E-state index contributed by atoms with van der Waals surface area (Å²) in [5, 5.41) is 14.8. The monoisotopic (exact) mass is 749 g/mol. The van der Waals surface area contributed by atoms with Crippen LogP contribution in [0, 0.1) is 24.1 Å². The largest absolute Gasteiger partial charge is 0.343 e. The van der Waals surface area contributed by atoms with Crippen LogP contribution in [0.15, 0.2) is 73.3 Å². The average Bonchev–Trinajstić information content (AvgIpc) is 4.06. The van der Waals surface area contributed by atoms with Crippen LogP contribution in [-0.2, 0) is 27.1 Å². The van der Waals surface area contributed by atoms with Crippen molar-refractivity contribution in [1.82, 2.24) is 35.1 Å². The molecule has 0 bridgehead atoms. The van der Waals surface area contributed by atoms with Gasteiger partial charge in [-0.2, -0.15) is 5.26 Å². The third-order valence-electron chi connectivity index (χ3n) is 10.2. The van der Waals surface area contributed by atoms with Crippen molar-refractivity contribution in [2.24, 2.45) is 0 Å². The number of aryl methyl sites for hydroxylation is 1. The highest BCUT2D eigenvalue weighted by atomic mass is 35.5. The van der Waals surface area contributed by atoms with Crippen molar-refractivity contribution in [3.63, 3.8) is 0 Å². The molecule has 266 valence electrons. The summed E-state index contributed by atoms with van der Waals surface area (Å²) < 4.78 is 15.9. The van der Waals surface area contributed by atoms with Gasteiger partial charge in [0.25, 0.3) is 11.8 Å². The molecule has 4 heterocycles. The Morgan fingerprint density at radius 3 is 2.15 bits per heavy atom. The van der Waals surface area contributed by atoms with E-state index in [0.29, 0.717) is 42.6 Å². The molecule has 12 nitrogen and oxygen atoms in total. The highest BCUT2D eigenvalue weighted by Crippen LogP contribution is 2.48. The number of hydrogen-bond acceptors (Lipinski definition) is 8. The first-order chi connectivity index (χ1) is 25.4. The Hall–Kier alpha value is -5.71. The normalized spacial score (nSPS) is 18.9. The molecule has 2 N–H and O–H groups in total. The predicted molar refractivity (Wildman–Crippen MR) is 193 cm³/mol. The van der Waals surface area contributed by atoms with E-state index in [4.69, 9.17) is 23.2 Å². The van der Waals surface area contributed by atoms with Crippen molar-refractivity contribution in [2.45, 2.75) is 62.6 Å². The number of benzene rings is 2. The summed E-state index contributed by atoms with van der Waals surface area (Å²) in [5.41, 5.74) is 0.534. The third-order valence-corrected chi connectivity index (χ3v) is 10.7. The van der Waals surface area contributed by atoms with Crippen LogP contribution in [0.2, 0.25) is 10.0 Å². The second-order valence-corrected chi connectivity index (χ2v) is 14.7. The number of anilines is 2. The number of imidazole rings is 1. The standard InChI is InChI=1S/C38H30Cl2FN9O3/c1-21-43-18-25(19-44-21)24-7-8-30(45-17-24)37(9-10-37)48-33(52)38(11-12-38)47-32(51)29-20-46-35-49(26-13-27(39)31(41)28(40)14-26)34(53)36(2,50(29)35)15-22-3-5-23(16-42)6-4-22/h3-8,13-14,17-20H,9-12,15H2,1-2H3,(H,47,51)(H,48,52)/t36-/m1/s1. The fraction of sp³-hybridized carbons (Fsp3) is 0.263. The van der Waals surface area contributed by atoms with Gasteiger partial charge in [0.1, 0.15) is 22.6 Å². The minimum atomic E-state index is -1.42. The molecule has 15 heteroatoms. The lowest BCUT2D eigenvalue weighted by atomic mass is 9.91. The summed E-state index contributed by atoms with van der Waals surface area (Å²) in [6.07, 6.45) is 8.89. The molecule has 3 aliphatic rings. The molecular formula is C38H30Cl2FN9O3. The van der Waals surface area contributed by atoms with Gasteiger partial charge in [0, 0.05) is 36.1 Å². The second-order valence-electron chi connectivity index (χ2n) is 13.9. The summed E-state index contributed by atoms with van der Waals surface area (Å²) in [6, 6.07) is 15.2. The van der Waals surface area contributed by atoms with E-state index in [1.54, 1.807) is 49.8 Å². The molecule has 8 rings (SSSR count). The molecule has 1 atom stereocenters. The Labute approximate surface area is 313 Å². The van der Waals surface area contributed by atoms with E-state index in [2.05, 4.69) is 36.6 Å². The van der Waals surface area contributed by atoms with Crippen LogP contribution in [0.4, 0.5) is 16.0 Å². The minimum absolute atomic E-state index is 0.0452. The summed E-state index contributed by atoms with van der Waals surface area (Å²) in [4.78, 5) is 61.3. The highest BCUT2D eigenvalue weighted by Gasteiger charge is 2.57. The quantitative estimate of drug-likeness (QED) is 0.172. The maximum absolute atomic E-state index is 14.4. The Balaban J connectivity index is 1.07. The summed E-state index contributed by atoms with van der Waals surface area (Å²) >= 11 is 12.3. The van der Waals surface area contributed by atoms with Crippen molar-refractivity contribution in [3.05, 3.63) is 118 Å². The fourth-order valence-electron chi connectivity index (χ4n) is 6.84. The summed E-state index contributed by atoms with van der Waals surface area (Å²) in [7, 11) is 0. The first kappa shape index (κ1) is 34.4. The van der Waals surface area contributed by atoms with E-state index in [-0.39, 0.29) is 39.7 Å². The smallest absolute Gasteiger partial charge is 0.270 e. The zero-order chi connectivity index (χ0) is 37.3. The number of amides is 3. The van der Waals surface area contributed by atoms with Crippen LogP contribution >= 0.6 is 23.2 Å². The van der Waals surface area contributed by atoms with E-state index in [9.17, 15) is 24.0 Å². The van der Waals surface area contributed by atoms with E-state index in [0.717, 1.165) is 16.8 Å². The van der Waals surface area contributed by atoms with Crippen molar-refractivity contribution < 1.29 is 18.8 Å². The van der Waals surface area contributed by atoms with Crippen LogP contribution in [0.1, 0.15) is 65.7 Å². The lowest BCUT2D eigenvalue weighted by Gasteiger charge is -2.27. The Bertz CT molecular complexity index is 2340. The molecule has 2 aliphatic carbocycles. The van der Waals surface area contributed by atoms with E-state index in [1.165, 1.54) is 27.8 Å². The molecular weight excluding hydrogens is 720 g/mol. The molecule has 2 aromatic carbocycles. The predicted octanol–water partition coefficient (Wildman–Crippen LogP) is 6.07. The van der Waals surface area contributed by atoms with Crippen LogP contribution in [0.5, 0.6) is 0 Å². The lowest BCUT2D eigenvalue weighted by Crippen LogP contribution is -2.52. The Kier molecular flexibility index (Phi) is 8.08. The van der Waals surface area contributed by atoms with Crippen molar-refractivity contribution in [2.75, 3.05) is 4.90 Å². The molecule has 3 aromatic heterocycles. The van der Waals surface area contributed by atoms with Gasteiger partial charge in [-0.25, -0.2) is 24.2 Å². The highest BCUT2D eigenvalue weighted by molar-refractivity contribution is 6.35. The minimum Gasteiger partial charge on any atom is -0.343 e. The molecule has 2 fully saturated rings. The summed E-state index contributed by atoms with van der Waals surface area (Å²) in [5.74, 6) is -1.46. The number of hydrogen-bond donors (Lipinski definition) is 2. The first-order valence-corrected chi connectivity index (χ1v) is 17.6. The van der Waals surface area contributed by atoms with Gasteiger partial charge in [-0.3, -0.25) is 23.9 Å². The number of carbonyl (C=O) groups excluding carboxylic acids is 3. The number of nitrogens with zero attached hydrogens (tertiary/aromatic N) is 7. The van der Waals surface area contributed by atoms with Gasteiger partial charge in [0.2, 0.25) is 11.9 Å². The van der Waals surface area contributed by atoms with Crippen LogP contribution in [0.3, 0.4) is 0 Å². The molecule has 2 saturated carbocycles. The van der Waals surface area contributed by atoms with E-state index in [1.807, 2.05) is 19.1 Å². The van der Waals surface area contributed by atoms with Crippen LogP contribution in [0.25, 0.3) is 11.1 Å². The number of halogens is 3. The van der Waals surface area contributed by atoms with Gasteiger partial charge in [0.05, 0.1) is 44.8 Å². The number of carbonyl (C=O) groups is 3. The molecule has 5 aromatic rings. The molecule has 1 aliphatic heterocycles. The number of pyridine rings is 1. The van der Waals surface area contributed by atoms with E-state index >= 15 is 0 Å². The van der Waals surface area contributed by atoms with Gasteiger partial charge >= 0.3 is 0 Å². The molecule has 53 heavy (non-hydrogen) atoms. The first-order valence-electron chi connectivity index (χ1n) is 16.8. The van der Waals surface area contributed by atoms with Crippen LogP contribution < -0.4 is 15.5 Å². The molecule has 0 spiro atoms. The van der Waals surface area contributed by atoms with Gasteiger partial charge in [-0.1, -0.05) is 41.4 Å². The number of nitrogens with one attached hydrogen (secondary N) is 2. The van der Waals surface area contributed by atoms with Crippen molar-refractivity contribution in [3.8, 4) is 17.2 Å². The molecule has 0 saturated heterocycles. The number of aromatic nitrogens is 5. The van der Waals surface area contributed by atoms with Gasteiger partial charge < -0.3 is 10.6 Å². The maximum atomic E-state index is 14.4. The zero-order valence-electron chi connectivity index (χ0n) is 28.5. The summed E-state index contributed by atoms with van der Waals surface area (Å²) in [6.45, 7) is 3.48. The molecule has 3 amide bonds. The van der Waals surface area contributed by atoms with Crippen molar-refractivity contribution in [1.29, 1.82) is 5.26 Å². The number of rotatable bonds is 9. The topological polar surface area (TPSA) is 159 Å². The second kappa shape index (κ2) is 12.5. The van der Waals surface area contributed by atoms with Gasteiger partial charge in [0.15, 0.2) is 5.82 Å². The average molecular weight is 751 g/mol. The number of nitriles is 1. The number of fused-ring (bicyclic) bond motifs is 1. The molecule has 0 radical (unpaired) electrons. The Morgan fingerprint density at radius 2 is 1.57 bits per heavy atom.